The zero-order valence-electron chi connectivity index (χ0n) is 11.4. The number of nitrogens with two attached hydrogens (primary N) is 1. The number of imidazole rings is 1. The summed E-state index contributed by atoms with van der Waals surface area (Å²) in [5.41, 5.74) is 0.359. The number of hydrogen-bond donors (Lipinski definition) is 1. The Bertz CT molecular complexity index is 759. The van der Waals surface area contributed by atoms with Gasteiger partial charge in [0.1, 0.15) is 11.6 Å². The van der Waals surface area contributed by atoms with E-state index in [-0.39, 0.29) is 16.6 Å². The van der Waals surface area contributed by atoms with Crippen LogP contribution in [0.15, 0.2) is 29.4 Å². The van der Waals surface area contributed by atoms with Crippen LogP contribution in [0, 0.1) is 5.82 Å². The molecule has 1 aromatic heterocycles. The van der Waals surface area contributed by atoms with Crippen LogP contribution < -0.4 is 5.14 Å². The summed E-state index contributed by atoms with van der Waals surface area (Å²) in [7, 11) is -3.89. The summed E-state index contributed by atoms with van der Waals surface area (Å²) in [4.78, 5) is 4.01. The van der Waals surface area contributed by atoms with Gasteiger partial charge >= 0.3 is 0 Å². The van der Waals surface area contributed by atoms with Crippen LogP contribution in [0.25, 0.3) is 0 Å². The Hall–Kier alpha value is -1.44. The van der Waals surface area contributed by atoms with E-state index in [0.29, 0.717) is 17.8 Å². The Morgan fingerprint density at radius 2 is 2.14 bits per heavy atom. The quantitative estimate of drug-likeness (QED) is 0.913. The van der Waals surface area contributed by atoms with Crippen LogP contribution in [0.2, 0.25) is 5.02 Å². The number of aryl methyl sites for hydroxylation is 1. The molecule has 1 heterocycles. The number of nitrogens with zero attached hydrogens (tertiary/aromatic N) is 2. The number of halogens is 2. The molecule has 2 aromatic rings. The highest BCUT2D eigenvalue weighted by Gasteiger charge is 2.17. The van der Waals surface area contributed by atoms with E-state index in [9.17, 15) is 12.8 Å². The standard InChI is InChI=1S/C13H15ClFN3O2S/c1-2-4-11-17-12(21(16,19)20)8-18(11)7-9-5-3-6-10(14)13(9)15/h3,5-6,8H,2,4,7H2,1H3,(H2,16,19,20). The number of hydrogen-bond acceptors (Lipinski definition) is 3. The average Bonchev–Trinajstić information content (AvgIpc) is 2.79. The monoisotopic (exact) mass is 331 g/mol. The van der Waals surface area contributed by atoms with Gasteiger partial charge in [0.25, 0.3) is 10.0 Å². The summed E-state index contributed by atoms with van der Waals surface area (Å²) < 4.78 is 38.3. The van der Waals surface area contributed by atoms with Crippen molar-refractivity contribution in [1.82, 2.24) is 9.55 Å². The normalized spacial score (nSPS) is 11.8. The molecule has 8 heteroatoms. The fourth-order valence-corrected chi connectivity index (χ4v) is 2.68. The summed E-state index contributed by atoms with van der Waals surface area (Å²) in [5, 5.41) is 4.89. The van der Waals surface area contributed by atoms with Crippen LogP contribution in [-0.2, 0) is 23.0 Å². The van der Waals surface area contributed by atoms with Crippen molar-refractivity contribution in [3.8, 4) is 0 Å². The first-order valence-corrected chi connectivity index (χ1v) is 8.27. The van der Waals surface area contributed by atoms with Crippen molar-refractivity contribution in [2.75, 3.05) is 0 Å². The smallest absolute Gasteiger partial charge is 0.257 e. The molecule has 0 spiro atoms. The van der Waals surface area contributed by atoms with Crippen molar-refractivity contribution >= 4 is 21.6 Å². The van der Waals surface area contributed by atoms with Gasteiger partial charge in [-0.1, -0.05) is 30.7 Å². The van der Waals surface area contributed by atoms with Gasteiger partial charge in [-0.25, -0.2) is 22.9 Å². The first-order chi connectivity index (χ1) is 9.82. The molecule has 0 radical (unpaired) electrons. The predicted octanol–water partition coefficient (Wildman–Crippen LogP) is 2.32. The van der Waals surface area contributed by atoms with Crippen LogP contribution in [-0.4, -0.2) is 18.0 Å². The van der Waals surface area contributed by atoms with E-state index in [0.717, 1.165) is 6.42 Å². The molecule has 1 aromatic carbocycles. The Balaban J connectivity index is 2.43. The predicted molar refractivity (Wildman–Crippen MR) is 78.1 cm³/mol. The highest BCUT2D eigenvalue weighted by Crippen LogP contribution is 2.20. The molecule has 0 saturated heterocycles. The molecule has 0 amide bonds. The average molecular weight is 332 g/mol. The maximum Gasteiger partial charge on any atom is 0.257 e. The fourth-order valence-electron chi connectivity index (χ4n) is 1.98. The summed E-state index contributed by atoms with van der Waals surface area (Å²) in [6.45, 7) is 2.08. The Morgan fingerprint density at radius 1 is 1.43 bits per heavy atom. The highest BCUT2D eigenvalue weighted by atomic mass is 35.5. The number of aromatic nitrogens is 2. The number of sulfonamides is 1. The lowest BCUT2D eigenvalue weighted by atomic mass is 10.2. The molecule has 114 valence electrons. The fraction of sp³-hybridized carbons (Fsp3) is 0.308. The maximum atomic E-state index is 13.9. The molecule has 0 bridgehead atoms. The Kier molecular flexibility index (Phi) is 4.65. The number of primary sulfonamides is 1. The van der Waals surface area contributed by atoms with Crippen molar-refractivity contribution in [2.24, 2.45) is 5.14 Å². The number of rotatable bonds is 5. The van der Waals surface area contributed by atoms with E-state index >= 15 is 0 Å². The Morgan fingerprint density at radius 3 is 2.76 bits per heavy atom. The summed E-state index contributed by atoms with van der Waals surface area (Å²) in [6, 6.07) is 4.68. The molecule has 2 rings (SSSR count). The Labute approximate surface area is 127 Å². The summed E-state index contributed by atoms with van der Waals surface area (Å²) >= 11 is 5.74. The van der Waals surface area contributed by atoms with Gasteiger partial charge in [0.15, 0.2) is 5.03 Å². The molecule has 0 saturated carbocycles. The zero-order valence-corrected chi connectivity index (χ0v) is 13.0. The molecule has 0 unspecified atom stereocenters. The lowest BCUT2D eigenvalue weighted by Crippen LogP contribution is -2.12. The topological polar surface area (TPSA) is 78.0 Å². The van der Waals surface area contributed by atoms with Gasteiger partial charge in [0.2, 0.25) is 0 Å². The van der Waals surface area contributed by atoms with Gasteiger partial charge in [0.05, 0.1) is 11.6 Å². The molecule has 0 aliphatic carbocycles. The van der Waals surface area contributed by atoms with E-state index < -0.39 is 15.8 Å². The van der Waals surface area contributed by atoms with E-state index in [1.54, 1.807) is 16.7 Å². The van der Waals surface area contributed by atoms with E-state index in [1.165, 1.54) is 12.3 Å². The molecule has 2 N–H and O–H groups in total. The van der Waals surface area contributed by atoms with Gasteiger partial charge in [-0.3, -0.25) is 0 Å². The molecule has 5 nitrogen and oxygen atoms in total. The van der Waals surface area contributed by atoms with Crippen molar-refractivity contribution in [3.63, 3.8) is 0 Å². The van der Waals surface area contributed by atoms with Crippen molar-refractivity contribution in [2.45, 2.75) is 31.3 Å². The lowest BCUT2D eigenvalue weighted by molar-refractivity contribution is 0.593. The van der Waals surface area contributed by atoms with Crippen molar-refractivity contribution in [1.29, 1.82) is 0 Å². The minimum absolute atomic E-state index is 0.0244. The van der Waals surface area contributed by atoms with Crippen LogP contribution in [0.5, 0.6) is 0 Å². The van der Waals surface area contributed by atoms with Gasteiger partial charge in [0, 0.05) is 18.2 Å². The number of benzene rings is 1. The van der Waals surface area contributed by atoms with Crippen molar-refractivity contribution < 1.29 is 12.8 Å². The lowest BCUT2D eigenvalue weighted by Gasteiger charge is -2.08. The third kappa shape index (κ3) is 3.61. The first-order valence-electron chi connectivity index (χ1n) is 6.34. The molecule has 0 aliphatic rings. The highest BCUT2D eigenvalue weighted by molar-refractivity contribution is 7.89. The second-order valence-corrected chi connectivity index (χ2v) is 6.55. The van der Waals surface area contributed by atoms with Gasteiger partial charge in [-0.05, 0) is 12.5 Å². The van der Waals surface area contributed by atoms with Crippen LogP contribution >= 0.6 is 11.6 Å². The summed E-state index contributed by atoms with van der Waals surface area (Å²) in [5.74, 6) is 0.0216. The van der Waals surface area contributed by atoms with Crippen LogP contribution in [0.1, 0.15) is 24.7 Å². The largest absolute Gasteiger partial charge is 0.329 e. The van der Waals surface area contributed by atoms with Crippen LogP contribution in [0.3, 0.4) is 0 Å². The summed E-state index contributed by atoms with van der Waals surface area (Å²) in [6.07, 6.45) is 2.66. The van der Waals surface area contributed by atoms with E-state index in [2.05, 4.69) is 4.98 Å². The second kappa shape index (κ2) is 6.13. The van der Waals surface area contributed by atoms with E-state index in [1.807, 2.05) is 6.92 Å². The second-order valence-electron chi connectivity index (χ2n) is 4.63. The minimum Gasteiger partial charge on any atom is -0.329 e. The van der Waals surface area contributed by atoms with Crippen molar-refractivity contribution in [3.05, 3.63) is 46.6 Å². The van der Waals surface area contributed by atoms with Gasteiger partial charge in [-0.15, -0.1) is 0 Å². The molecular formula is C13H15ClFN3O2S. The first kappa shape index (κ1) is 15.9. The molecule has 0 aliphatic heterocycles. The van der Waals surface area contributed by atoms with Gasteiger partial charge in [-0.2, -0.15) is 0 Å². The SMILES string of the molecule is CCCc1nc(S(N)(=O)=O)cn1Cc1cccc(Cl)c1F. The van der Waals surface area contributed by atoms with Gasteiger partial charge < -0.3 is 4.57 Å². The third-order valence-electron chi connectivity index (χ3n) is 2.97. The maximum absolute atomic E-state index is 13.9. The van der Waals surface area contributed by atoms with Crippen LogP contribution in [0.4, 0.5) is 4.39 Å². The van der Waals surface area contributed by atoms with E-state index in [4.69, 9.17) is 16.7 Å². The molecule has 0 fully saturated rings. The molecule has 0 atom stereocenters. The zero-order chi connectivity index (χ0) is 15.6. The third-order valence-corrected chi connectivity index (χ3v) is 4.05. The minimum atomic E-state index is -3.89. The molecule has 21 heavy (non-hydrogen) atoms. The molecular weight excluding hydrogens is 317 g/mol.